The van der Waals surface area contributed by atoms with Crippen molar-refractivity contribution in [3.8, 4) is 0 Å². The van der Waals surface area contributed by atoms with Crippen LogP contribution in [-0.2, 0) is 9.53 Å². The van der Waals surface area contributed by atoms with Crippen molar-refractivity contribution >= 4 is 24.2 Å². The third-order valence-corrected chi connectivity index (χ3v) is 4.11. The molecule has 25 heavy (non-hydrogen) atoms. The van der Waals surface area contributed by atoms with Crippen molar-refractivity contribution in [1.82, 2.24) is 10.6 Å². The average Bonchev–Trinajstić information content (AvgIpc) is 2.62. The third kappa shape index (κ3) is 5.70. The first-order valence-electron chi connectivity index (χ1n) is 8.37. The Hall–Kier alpha value is -2.70. The molecule has 2 rings (SSSR count). The Morgan fingerprint density at radius 2 is 1.76 bits per heavy atom. The van der Waals surface area contributed by atoms with Gasteiger partial charge in [0.15, 0.2) is 6.10 Å². The fourth-order valence-corrected chi connectivity index (χ4v) is 2.66. The van der Waals surface area contributed by atoms with Gasteiger partial charge in [-0.2, -0.15) is 0 Å². The number of urea groups is 1. The molecule has 1 saturated carbocycles. The molecule has 0 aliphatic heterocycles. The molecule has 1 fully saturated rings. The highest BCUT2D eigenvalue weighted by molar-refractivity contribution is 5.98. The van der Waals surface area contributed by atoms with E-state index in [0.717, 1.165) is 25.7 Å². The van der Waals surface area contributed by atoms with Gasteiger partial charge in [-0.15, -0.1) is 0 Å². The fourth-order valence-electron chi connectivity index (χ4n) is 2.66. The largest absolute Gasteiger partial charge is 0.449 e. The maximum Gasteiger partial charge on any atom is 0.338 e. The minimum absolute atomic E-state index is 0.0794. The molecule has 1 atom stereocenters. The number of hydrogen-bond acceptors (Lipinski definition) is 5. The van der Waals surface area contributed by atoms with Crippen molar-refractivity contribution in [2.24, 2.45) is 0 Å². The topological polar surface area (TPSA) is 102 Å². The summed E-state index contributed by atoms with van der Waals surface area (Å²) >= 11 is 0. The van der Waals surface area contributed by atoms with Crippen molar-refractivity contribution in [2.75, 3.05) is 0 Å². The molecule has 134 valence electrons. The van der Waals surface area contributed by atoms with Crippen LogP contribution < -0.4 is 10.6 Å². The van der Waals surface area contributed by atoms with Gasteiger partial charge in [0, 0.05) is 11.6 Å². The lowest BCUT2D eigenvalue weighted by atomic mass is 9.96. The zero-order chi connectivity index (χ0) is 18.2. The summed E-state index contributed by atoms with van der Waals surface area (Å²) in [5.74, 6) is -1.39. The highest BCUT2D eigenvalue weighted by atomic mass is 16.5. The Labute approximate surface area is 146 Å². The maximum absolute atomic E-state index is 12.0. The predicted molar refractivity (Wildman–Crippen MR) is 90.3 cm³/mol. The molecule has 0 unspecified atom stereocenters. The molecule has 0 aromatic heterocycles. The lowest BCUT2D eigenvalue weighted by molar-refractivity contribution is -0.127. The number of hydrogen-bond donors (Lipinski definition) is 2. The summed E-state index contributed by atoms with van der Waals surface area (Å²) in [5.41, 5.74) is 0.652. The maximum atomic E-state index is 12.0. The zero-order valence-corrected chi connectivity index (χ0v) is 14.1. The molecule has 0 spiro atoms. The molecule has 1 aliphatic carbocycles. The minimum atomic E-state index is -1.12. The number of imide groups is 1. The van der Waals surface area contributed by atoms with E-state index in [0.29, 0.717) is 11.8 Å². The van der Waals surface area contributed by atoms with E-state index >= 15 is 0 Å². The van der Waals surface area contributed by atoms with Crippen molar-refractivity contribution in [3.05, 3.63) is 35.4 Å². The summed E-state index contributed by atoms with van der Waals surface area (Å²) in [6.45, 7) is 1.39. The van der Waals surface area contributed by atoms with Crippen LogP contribution in [0.15, 0.2) is 24.3 Å². The zero-order valence-electron chi connectivity index (χ0n) is 14.1. The number of carbonyl (C=O) groups excluding carboxylic acids is 4. The number of amides is 3. The Morgan fingerprint density at radius 3 is 2.36 bits per heavy atom. The molecule has 7 nitrogen and oxygen atoms in total. The van der Waals surface area contributed by atoms with Crippen LogP contribution in [0.25, 0.3) is 0 Å². The van der Waals surface area contributed by atoms with Gasteiger partial charge in [-0.25, -0.2) is 9.59 Å². The number of nitrogens with one attached hydrogen (secondary N) is 2. The van der Waals surface area contributed by atoms with E-state index in [1.807, 2.05) is 0 Å². The number of esters is 1. The highest BCUT2D eigenvalue weighted by Gasteiger charge is 2.22. The Balaban J connectivity index is 1.80. The summed E-state index contributed by atoms with van der Waals surface area (Å²) in [4.78, 5) is 46.4. The standard InChI is InChI=1S/C18H22N2O5/c1-12(25-17(23)14-9-7-13(11-21)8-10-14)16(22)20-18(24)19-15-5-3-2-4-6-15/h7-12,15H,2-6H2,1H3,(H2,19,20,22,24)/t12-/m0/s1. The number of aldehydes is 1. The first-order chi connectivity index (χ1) is 12.0. The first kappa shape index (κ1) is 18.6. The normalized spacial score (nSPS) is 15.7. The molecule has 1 aromatic carbocycles. The Bertz CT molecular complexity index is 635. The van der Waals surface area contributed by atoms with Gasteiger partial charge in [-0.1, -0.05) is 31.4 Å². The summed E-state index contributed by atoms with van der Waals surface area (Å²) in [6.07, 6.45) is 4.66. The van der Waals surface area contributed by atoms with Crippen molar-refractivity contribution < 1.29 is 23.9 Å². The Morgan fingerprint density at radius 1 is 1.12 bits per heavy atom. The molecule has 1 aromatic rings. The summed E-state index contributed by atoms with van der Waals surface area (Å²) in [6, 6.07) is 5.34. The van der Waals surface area contributed by atoms with Crippen LogP contribution in [0.1, 0.15) is 59.7 Å². The van der Waals surface area contributed by atoms with E-state index < -0.39 is 24.0 Å². The molecule has 3 amide bonds. The van der Waals surface area contributed by atoms with Crippen molar-refractivity contribution in [3.63, 3.8) is 0 Å². The average molecular weight is 346 g/mol. The number of ether oxygens (including phenoxy) is 1. The molecule has 2 N–H and O–H groups in total. The quantitative estimate of drug-likeness (QED) is 0.629. The summed E-state index contributed by atoms with van der Waals surface area (Å²) in [5, 5.41) is 4.95. The SMILES string of the molecule is C[C@H](OC(=O)c1ccc(C=O)cc1)C(=O)NC(=O)NC1CCCCC1. The fraction of sp³-hybridized carbons (Fsp3) is 0.444. The van der Waals surface area contributed by atoms with Crippen molar-refractivity contribution in [2.45, 2.75) is 51.2 Å². The van der Waals surface area contributed by atoms with Gasteiger partial charge in [0.2, 0.25) is 0 Å². The first-order valence-corrected chi connectivity index (χ1v) is 8.37. The van der Waals surface area contributed by atoms with Crippen LogP contribution in [0.5, 0.6) is 0 Å². The molecular formula is C18H22N2O5. The van der Waals surface area contributed by atoms with E-state index in [9.17, 15) is 19.2 Å². The van der Waals surface area contributed by atoms with E-state index in [1.165, 1.54) is 37.6 Å². The van der Waals surface area contributed by atoms with Crippen molar-refractivity contribution in [1.29, 1.82) is 0 Å². The second-order valence-electron chi connectivity index (χ2n) is 6.09. The molecule has 0 saturated heterocycles. The van der Waals surface area contributed by atoms with Crippen LogP contribution in [0.2, 0.25) is 0 Å². The smallest absolute Gasteiger partial charge is 0.338 e. The molecular weight excluding hydrogens is 324 g/mol. The lowest BCUT2D eigenvalue weighted by Crippen LogP contribution is -2.48. The van der Waals surface area contributed by atoms with Gasteiger partial charge in [0.25, 0.3) is 5.91 Å². The minimum Gasteiger partial charge on any atom is -0.449 e. The van der Waals surface area contributed by atoms with E-state index in [1.54, 1.807) is 0 Å². The third-order valence-electron chi connectivity index (χ3n) is 4.11. The van der Waals surface area contributed by atoms with Gasteiger partial charge in [0.05, 0.1) is 5.56 Å². The van der Waals surface area contributed by atoms with Crippen LogP contribution in [0, 0.1) is 0 Å². The predicted octanol–water partition coefficient (Wildman–Crippen LogP) is 2.20. The van der Waals surface area contributed by atoms with Crippen LogP contribution >= 0.6 is 0 Å². The summed E-state index contributed by atoms with van der Waals surface area (Å²) < 4.78 is 5.04. The molecule has 0 heterocycles. The number of rotatable bonds is 5. The number of carbonyl (C=O) groups is 4. The van der Waals surface area contributed by atoms with Crippen LogP contribution in [-0.4, -0.2) is 36.3 Å². The lowest BCUT2D eigenvalue weighted by Gasteiger charge is -2.23. The second kappa shape index (κ2) is 8.96. The van der Waals surface area contributed by atoms with E-state index in [4.69, 9.17) is 4.74 Å². The molecule has 0 bridgehead atoms. The van der Waals surface area contributed by atoms with Gasteiger partial charge >= 0.3 is 12.0 Å². The van der Waals surface area contributed by atoms with Gasteiger partial charge < -0.3 is 10.1 Å². The summed E-state index contributed by atoms with van der Waals surface area (Å²) in [7, 11) is 0. The molecule has 7 heteroatoms. The van der Waals surface area contributed by atoms with Crippen LogP contribution in [0.3, 0.4) is 0 Å². The van der Waals surface area contributed by atoms with Gasteiger partial charge in [0.1, 0.15) is 6.29 Å². The van der Waals surface area contributed by atoms with Gasteiger partial charge in [-0.3, -0.25) is 14.9 Å². The Kier molecular flexibility index (Phi) is 6.68. The highest BCUT2D eigenvalue weighted by Crippen LogP contribution is 2.17. The van der Waals surface area contributed by atoms with Gasteiger partial charge in [-0.05, 0) is 31.9 Å². The molecule has 1 aliphatic rings. The van der Waals surface area contributed by atoms with Crippen LogP contribution in [0.4, 0.5) is 4.79 Å². The van der Waals surface area contributed by atoms with E-state index in [2.05, 4.69) is 10.6 Å². The second-order valence-corrected chi connectivity index (χ2v) is 6.09. The van der Waals surface area contributed by atoms with E-state index in [-0.39, 0.29) is 11.6 Å². The monoisotopic (exact) mass is 346 g/mol. The molecule has 0 radical (unpaired) electrons. The number of benzene rings is 1.